The molecule has 0 fully saturated rings. The molecule has 26 heavy (non-hydrogen) atoms. The molecule has 0 saturated carbocycles. The van der Waals surface area contributed by atoms with Crippen LogP contribution in [0.1, 0.15) is 5.56 Å². The molecule has 1 amide bonds. The molecule has 0 saturated heterocycles. The van der Waals surface area contributed by atoms with Gasteiger partial charge in [0.15, 0.2) is 0 Å². The van der Waals surface area contributed by atoms with Crippen molar-refractivity contribution in [3.05, 3.63) is 58.4 Å². The van der Waals surface area contributed by atoms with E-state index in [2.05, 4.69) is 15.6 Å². The van der Waals surface area contributed by atoms with Gasteiger partial charge in [-0.3, -0.25) is 9.59 Å². The molecule has 0 spiro atoms. The second kappa shape index (κ2) is 7.64. The van der Waals surface area contributed by atoms with Crippen LogP contribution in [-0.2, 0) is 17.9 Å². The molecule has 8 heteroatoms. The number of methoxy groups -OCH3 is 2. The molecule has 0 atom stereocenters. The molecule has 0 radical (unpaired) electrons. The third-order valence-electron chi connectivity index (χ3n) is 3.87. The van der Waals surface area contributed by atoms with E-state index in [9.17, 15) is 9.59 Å². The summed E-state index contributed by atoms with van der Waals surface area (Å²) in [4.78, 5) is 24.5. The smallest absolute Gasteiger partial charge is 0.278 e. The molecule has 8 nitrogen and oxygen atoms in total. The highest BCUT2D eigenvalue weighted by atomic mass is 16.5. The fourth-order valence-electron chi connectivity index (χ4n) is 2.42. The lowest BCUT2D eigenvalue weighted by atomic mass is 10.2. The fraction of sp³-hybridized carbons (Fsp3) is 0.222. The molecule has 1 N–H and O–H groups in total. The van der Waals surface area contributed by atoms with Crippen LogP contribution in [0.25, 0.3) is 10.9 Å². The van der Waals surface area contributed by atoms with E-state index in [1.807, 2.05) is 24.3 Å². The van der Waals surface area contributed by atoms with Crippen molar-refractivity contribution in [2.45, 2.75) is 13.1 Å². The first-order valence-corrected chi connectivity index (χ1v) is 7.92. The molecule has 2 aromatic carbocycles. The average molecular weight is 354 g/mol. The van der Waals surface area contributed by atoms with Crippen LogP contribution in [0.15, 0.2) is 47.3 Å². The normalized spacial score (nSPS) is 10.5. The Hall–Kier alpha value is -3.42. The van der Waals surface area contributed by atoms with Gasteiger partial charge in [-0.1, -0.05) is 17.3 Å². The Labute approximate surface area is 149 Å². The van der Waals surface area contributed by atoms with Crippen LogP contribution in [0.3, 0.4) is 0 Å². The number of hydrogen-bond donors (Lipinski definition) is 1. The van der Waals surface area contributed by atoms with Gasteiger partial charge in [-0.2, -0.15) is 0 Å². The van der Waals surface area contributed by atoms with E-state index in [1.54, 1.807) is 25.3 Å². The third-order valence-corrected chi connectivity index (χ3v) is 3.87. The lowest BCUT2D eigenvalue weighted by molar-refractivity contribution is -0.122. The van der Waals surface area contributed by atoms with E-state index in [1.165, 1.54) is 7.11 Å². The maximum absolute atomic E-state index is 12.4. The Morgan fingerprint density at radius 3 is 2.46 bits per heavy atom. The number of carbonyl (C=O) groups is 1. The number of hydrogen-bond acceptors (Lipinski definition) is 6. The number of fused-ring (bicyclic) bond motifs is 1. The topological polar surface area (TPSA) is 95.3 Å². The zero-order valence-electron chi connectivity index (χ0n) is 14.4. The molecule has 3 aromatic rings. The van der Waals surface area contributed by atoms with Crippen molar-refractivity contribution >= 4 is 16.8 Å². The van der Waals surface area contributed by atoms with Crippen molar-refractivity contribution in [2.24, 2.45) is 0 Å². The van der Waals surface area contributed by atoms with Crippen LogP contribution in [0.2, 0.25) is 0 Å². The SMILES string of the molecule is COc1ccc(CNC(=O)Cn2nnc3cc(OC)ccc3c2=O)cc1. The summed E-state index contributed by atoms with van der Waals surface area (Å²) in [5.41, 5.74) is 0.963. The maximum atomic E-state index is 12.4. The zero-order chi connectivity index (χ0) is 18.5. The Kier molecular flexibility index (Phi) is 5.12. The minimum Gasteiger partial charge on any atom is -0.497 e. The number of rotatable bonds is 6. The van der Waals surface area contributed by atoms with Crippen molar-refractivity contribution in [3.63, 3.8) is 0 Å². The van der Waals surface area contributed by atoms with Gasteiger partial charge in [-0.05, 0) is 29.8 Å². The van der Waals surface area contributed by atoms with E-state index in [0.29, 0.717) is 23.2 Å². The first-order chi connectivity index (χ1) is 12.6. The van der Waals surface area contributed by atoms with Gasteiger partial charge in [0, 0.05) is 12.6 Å². The first kappa shape index (κ1) is 17.4. The number of ether oxygens (including phenoxy) is 2. The van der Waals surface area contributed by atoms with Gasteiger partial charge in [0.1, 0.15) is 23.6 Å². The summed E-state index contributed by atoms with van der Waals surface area (Å²) in [6, 6.07) is 12.2. The summed E-state index contributed by atoms with van der Waals surface area (Å²) in [5, 5.41) is 10.9. The molecule has 0 bridgehead atoms. The maximum Gasteiger partial charge on any atom is 0.278 e. The zero-order valence-corrected chi connectivity index (χ0v) is 14.4. The third kappa shape index (κ3) is 3.80. The Bertz CT molecular complexity index is 983. The Balaban J connectivity index is 1.68. The van der Waals surface area contributed by atoms with Crippen LogP contribution >= 0.6 is 0 Å². The summed E-state index contributed by atoms with van der Waals surface area (Å²) < 4.78 is 11.2. The van der Waals surface area contributed by atoms with Crippen LogP contribution < -0.4 is 20.3 Å². The van der Waals surface area contributed by atoms with Gasteiger partial charge in [0.25, 0.3) is 5.56 Å². The van der Waals surface area contributed by atoms with Crippen LogP contribution in [0.5, 0.6) is 11.5 Å². The van der Waals surface area contributed by atoms with Crippen LogP contribution in [0.4, 0.5) is 0 Å². The molecule has 0 unspecified atom stereocenters. The minimum absolute atomic E-state index is 0.204. The van der Waals surface area contributed by atoms with Crippen LogP contribution in [-0.4, -0.2) is 35.1 Å². The van der Waals surface area contributed by atoms with E-state index >= 15 is 0 Å². The molecule has 0 aliphatic heterocycles. The number of nitrogens with one attached hydrogen (secondary N) is 1. The van der Waals surface area contributed by atoms with E-state index < -0.39 is 0 Å². The van der Waals surface area contributed by atoms with Gasteiger partial charge in [0.2, 0.25) is 5.91 Å². The number of nitrogens with zero attached hydrogens (tertiary/aromatic N) is 3. The Morgan fingerprint density at radius 2 is 1.77 bits per heavy atom. The second-order valence-corrected chi connectivity index (χ2v) is 5.56. The number of amides is 1. The molecule has 3 rings (SSSR count). The van der Waals surface area contributed by atoms with Crippen molar-refractivity contribution in [1.82, 2.24) is 20.3 Å². The van der Waals surface area contributed by atoms with Crippen LogP contribution in [0, 0.1) is 0 Å². The monoisotopic (exact) mass is 354 g/mol. The quantitative estimate of drug-likeness (QED) is 0.713. The van der Waals surface area contributed by atoms with Crippen molar-refractivity contribution in [2.75, 3.05) is 14.2 Å². The van der Waals surface area contributed by atoms with E-state index in [0.717, 1.165) is 16.0 Å². The first-order valence-electron chi connectivity index (χ1n) is 7.92. The number of carbonyl (C=O) groups excluding carboxylic acids is 1. The number of aromatic nitrogens is 3. The highest BCUT2D eigenvalue weighted by molar-refractivity contribution is 5.79. The summed E-state index contributed by atoms with van der Waals surface area (Å²) in [5.74, 6) is 1.00. The fourth-order valence-corrected chi connectivity index (χ4v) is 2.42. The van der Waals surface area contributed by atoms with Crippen molar-refractivity contribution in [3.8, 4) is 11.5 Å². The van der Waals surface area contributed by atoms with Crippen molar-refractivity contribution < 1.29 is 14.3 Å². The molecule has 1 aromatic heterocycles. The van der Waals surface area contributed by atoms with Gasteiger partial charge < -0.3 is 14.8 Å². The van der Waals surface area contributed by atoms with Gasteiger partial charge in [0.05, 0.1) is 19.6 Å². The molecule has 0 aliphatic rings. The standard InChI is InChI=1S/C18H18N4O4/c1-25-13-5-3-12(4-6-13)10-19-17(23)11-22-18(24)15-8-7-14(26-2)9-16(15)20-21-22/h3-9H,10-11H2,1-2H3,(H,19,23). The van der Waals surface area contributed by atoms with E-state index in [4.69, 9.17) is 9.47 Å². The highest BCUT2D eigenvalue weighted by Crippen LogP contribution is 2.15. The van der Waals surface area contributed by atoms with Crippen molar-refractivity contribution in [1.29, 1.82) is 0 Å². The summed E-state index contributed by atoms with van der Waals surface area (Å²) in [6.07, 6.45) is 0. The lowest BCUT2D eigenvalue weighted by Gasteiger charge is -2.08. The average Bonchev–Trinajstić information content (AvgIpc) is 2.68. The summed E-state index contributed by atoms with van der Waals surface area (Å²) in [7, 11) is 3.12. The minimum atomic E-state index is -0.378. The predicted octanol–water partition coefficient (Wildman–Crippen LogP) is 1.13. The molecule has 0 aliphatic carbocycles. The predicted molar refractivity (Wildman–Crippen MR) is 95.2 cm³/mol. The molecular weight excluding hydrogens is 336 g/mol. The highest BCUT2D eigenvalue weighted by Gasteiger charge is 2.10. The van der Waals surface area contributed by atoms with Gasteiger partial charge in [-0.25, -0.2) is 4.68 Å². The van der Waals surface area contributed by atoms with E-state index in [-0.39, 0.29) is 18.0 Å². The largest absolute Gasteiger partial charge is 0.497 e. The molecule has 1 heterocycles. The Morgan fingerprint density at radius 1 is 1.08 bits per heavy atom. The summed E-state index contributed by atoms with van der Waals surface area (Å²) >= 11 is 0. The summed E-state index contributed by atoms with van der Waals surface area (Å²) in [6.45, 7) is 0.139. The molecular formula is C18H18N4O4. The van der Waals surface area contributed by atoms with Gasteiger partial charge >= 0.3 is 0 Å². The second-order valence-electron chi connectivity index (χ2n) is 5.56. The molecule has 134 valence electrons. The van der Waals surface area contributed by atoms with Gasteiger partial charge in [-0.15, -0.1) is 5.10 Å². The number of benzene rings is 2. The lowest BCUT2D eigenvalue weighted by Crippen LogP contribution is -2.34.